The predicted octanol–water partition coefficient (Wildman–Crippen LogP) is 1.20. The minimum atomic E-state index is -2.83. The Balaban J connectivity index is 3.20. The zero-order chi connectivity index (χ0) is 10.0. The molecule has 0 aliphatic heterocycles. The van der Waals surface area contributed by atoms with Gasteiger partial charge in [-0.2, -0.15) is 0 Å². The van der Waals surface area contributed by atoms with Gasteiger partial charge in [0.05, 0.1) is 11.3 Å². The average molecular weight is 191 g/mol. The summed E-state index contributed by atoms with van der Waals surface area (Å²) in [5.41, 5.74) is 9.54. The van der Waals surface area contributed by atoms with Gasteiger partial charge in [0, 0.05) is 6.54 Å². The molecule has 1 rings (SSSR count). The van der Waals surface area contributed by atoms with E-state index >= 15 is 0 Å². The third kappa shape index (κ3) is 1.89. The first-order valence-corrected chi connectivity index (χ1v) is 3.49. The first kappa shape index (κ1) is 9.79. The second-order valence-corrected chi connectivity index (χ2v) is 2.40. The lowest BCUT2D eigenvalue weighted by Crippen LogP contribution is -2.08. The summed E-state index contributed by atoms with van der Waals surface area (Å²) >= 11 is 0. The fourth-order valence-electron chi connectivity index (χ4n) is 0.875. The van der Waals surface area contributed by atoms with Crippen LogP contribution in [0.2, 0.25) is 0 Å². The molecule has 3 nitrogen and oxygen atoms in total. The maximum absolute atomic E-state index is 12.9. The zero-order valence-corrected chi connectivity index (χ0v) is 6.60. The van der Waals surface area contributed by atoms with Gasteiger partial charge < -0.3 is 11.5 Å². The van der Waals surface area contributed by atoms with Crippen molar-refractivity contribution in [2.24, 2.45) is 5.73 Å². The SMILES string of the molecule is NCc1nc(N)c(C(F)F)cc1F. The number of halogens is 3. The molecule has 0 spiro atoms. The van der Waals surface area contributed by atoms with Crippen LogP contribution in [0.5, 0.6) is 0 Å². The molecule has 0 aromatic carbocycles. The standard InChI is InChI=1S/C7H8F3N3/c8-4-1-3(6(9)10)7(12)13-5(4)2-11/h1,6H,2,11H2,(H2,12,13). The van der Waals surface area contributed by atoms with Crippen LogP contribution >= 0.6 is 0 Å². The summed E-state index contributed by atoms with van der Waals surface area (Å²) in [5.74, 6) is -1.23. The lowest BCUT2D eigenvalue weighted by molar-refractivity contribution is 0.151. The van der Waals surface area contributed by atoms with Crippen molar-refractivity contribution in [3.8, 4) is 0 Å². The largest absolute Gasteiger partial charge is 0.383 e. The van der Waals surface area contributed by atoms with Crippen molar-refractivity contribution in [1.82, 2.24) is 4.98 Å². The van der Waals surface area contributed by atoms with Crippen LogP contribution in [-0.2, 0) is 6.54 Å². The van der Waals surface area contributed by atoms with Gasteiger partial charge in [-0.25, -0.2) is 18.2 Å². The number of nitrogen functional groups attached to an aromatic ring is 1. The van der Waals surface area contributed by atoms with Gasteiger partial charge in [-0.05, 0) is 6.07 Å². The van der Waals surface area contributed by atoms with Gasteiger partial charge in [0.1, 0.15) is 11.6 Å². The van der Waals surface area contributed by atoms with Gasteiger partial charge in [-0.1, -0.05) is 0 Å². The van der Waals surface area contributed by atoms with Gasteiger partial charge in [-0.3, -0.25) is 0 Å². The second kappa shape index (κ2) is 3.61. The van der Waals surface area contributed by atoms with Crippen molar-refractivity contribution in [2.75, 3.05) is 5.73 Å². The molecule has 1 aromatic rings. The average Bonchev–Trinajstić information content (AvgIpc) is 2.07. The minimum Gasteiger partial charge on any atom is -0.383 e. The van der Waals surface area contributed by atoms with Crippen LogP contribution in [0.3, 0.4) is 0 Å². The van der Waals surface area contributed by atoms with E-state index in [1.807, 2.05) is 0 Å². The van der Waals surface area contributed by atoms with E-state index in [9.17, 15) is 13.2 Å². The Labute approximate surface area is 72.6 Å². The summed E-state index contributed by atoms with van der Waals surface area (Å²) in [6.07, 6.45) is -2.83. The Morgan fingerprint density at radius 1 is 1.46 bits per heavy atom. The predicted molar refractivity (Wildman–Crippen MR) is 41.5 cm³/mol. The fourth-order valence-corrected chi connectivity index (χ4v) is 0.875. The molecular weight excluding hydrogens is 183 g/mol. The molecule has 0 saturated carbocycles. The Bertz CT molecular complexity index is 314. The van der Waals surface area contributed by atoms with E-state index in [2.05, 4.69) is 4.98 Å². The molecule has 0 bridgehead atoms. The summed E-state index contributed by atoms with van der Waals surface area (Å²) in [6, 6.07) is 0.662. The number of aromatic nitrogens is 1. The van der Waals surface area contributed by atoms with Gasteiger partial charge >= 0.3 is 0 Å². The molecule has 6 heteroatoms. The maximum Gasteiger partial charge on any atom is 0.267 e. The number of anilines is 1. The lowest BCUT2D eigenvalue weighted by Gasteiger charge is -2.06. The molecule has 0 saturated heterocycles. The molecule has 0 amide bonds. The number of hydrogen-bond acceptors (Lipinski definition) is 3. The molecule has 13 heavy (non-hydrogen) atoms. The van der Waals surface area contributed by atoms with Crippen LogP contribution in [0, 0.1) is 5.82 Å². The van der Waals surface area contributed by atoms with E-state index in [1.165, 1.54) is 0 Å². The Kier molecular flexibility index (Phi) is 2.72. The zero-order valence-electron chi connectivity index (χ0n) is 6.60. The molecular formula is C7H8F3N3. The third-order valence-electron chi connectivity index (χ3n) is 1.54. The van der Waals surface area contributed by atoms with Crippen LogP contribution in [-0.4, -0.2) is 4.98 Å². The van der Waals surface area contributed by atoms with Crippen LogP contribution in [0.4, 0.5) is 19.0 Å². The Hall–Kier alpha value is -1.30. The highest BCUT2D eigenvalue weighted by atomic mass is 19.3. The Morgan fingerprint density at radius 3 is 2.54 bits per heavy atom. The molecule has 4 N–H and O–H groups in total. The van der Waals surface area contributed by atoms with Gasteiger partial charge in [0.25, 0.3) is 6.43 Å². The minimum absolute atomic E-state index is 0.109. The van der Waals surface area contributed by atoms with E-state index in [-0.39, 0.29) is 18.1 Å². The molecule has 1 heterocycles. The Morgan fingerprint density at radius 2 is 2.08 bits per heavy atom. The number of pyridine rings is 1. The molecule has 0 fully saturated rings. The first-order valence-electron chi connectivity index (χ1n) is 3.49. The van der Waals surface area contributed by atoms with Crippen LogP contribution in [0.25, 0.3) is 0 Å². The number of rotatable bonds is 2. The summed E-state index contributed by atoms with van der Waals surface area (Å²) in [6.45, 7) is -0.167. The molecule has 1 aromatic heterocycles. The second-order valence-electron chi connectivity index (χ2n) is 2.40. The maximum atomic E-state index is 12.9. The van der Waals surface area contributed by atoms with E-state index in [0.717, 1.165) is 0 Å². The van der Waals surface area contributed by atoms with Crippen LogP contribution in [0.15, 0.2) is 6.07 Å². The molecule has 0 aliphatic carbocycles. The van der Waals surface area contributed by atoms with E-state index in [1.54, 1.807) is 0 Å². The molecule has 72 valence electrons. The topological polar surface area (TPSA) is 64.9 Å². The number of hydrogen-bond donors (Lipinski definition) is 2. The highest BCUT2D eigenvalue weighted by Gasteiger charge is 2.15. The van der Waals surface area contributed by atoms with Gasteiger partial charge in [-0.15, -0.1) is 0 Å². The molecule has 0 aliphatic rings. The smallest absolute Gasteiger partial charge is 0.267 e. The van der Waals surface area contributed by atoms with Crippen molar-refractivity contribution in [1.29, 1.82) is 0 Å². The number of nitrogens with two attached hydrogens (primary N) is 2. The molecule has 0 atom stereocenters. The lowest BCUT2D eigenvalue weighted by atomic mass is 10.2. The summed E-state index contributed by atoms with van der Waals surface area (Å²) < 4.78 is 37.1. The monoisotopic (exact) mass is 191 g/mol. The van der Waals surface area contributed by atoms with E-state index in [0.29, 0.717) is 6.07 Å². The van der Waals surface area contributed by atoms with Crippen LogP contribution in [0.1, 0.15) is 17.7 Å². The van der Waals surface area contributed by atoms with Crippen molar-refractivity contribution >= 4 is 5.82 Å². The quantitative estimate of drug-likeness (QED) is 0.738. The normalized spacial score (nSPS) is 10.8. The summed E-state index contributed by atoms with van der Waals surface area (Å²) in [5, 5.41) is 0. The fraction of sp³-hybridized carbons (Fsp3) is 0.286. The highest BCUT2D eigenvalue weighted by molar-refractivity contribution is 5.41. The van der Waals surface area contributed by atoms with Gasteiger partial charge in [0.15, 0.2) is 0 Å². The summed E-state index contributed by atoms with van der Waals surface area (Å²) in [7, 11) is 0. The van der Waals surface area contributed by atoms with Gasteiger partial charge in [0.2, 0.25) is 0 Å². The number of nitrogens with zero attached hydrogens (tertiary/aromatic N) is 1. The van der Waals surface area contributed by atoms with Crippen molar-refractivity contribution in [3.63, 3.8) is 0 Å². The first-order chi connectivity index (χ1) is 6.06. The molecule has 0 radical (unpaired) electrons. The van der Waals surface area contributed by atoms with E-state index < -0.39 is 17.8 Å². The summed E-state index contributed by atoms with van der Waals surface area (Å²) in [4.78, 5) is 3.41. The third-order valence-corrected chi connectivity index (χ3v) is 1.54. The van der Waals surface area contributed by atoms with Crippen LogP contribution < -0.4 is 11.5 Å². The number of alkyl halides is 2. The highest BCUT2D eigenvalue weighted by Crippen LogP contribution is 2.24. The van der Waals surface area contributed by atoms with Crippen molar-refractivity contribution < 1.29 is 13.2 Å². The molecule has 0 unspecified atom stereocenters. The van der Waals surface area contributed by atoms with Crippen molar-refractivity contribution in [3.05, 3.63) is 23.1 Å². The van der Waals surface area contributed by atoms with E-state index in [4.69, 9.17) is 11.5 Å². The van der Waals surface area contributed by atoms with Crippen molar-refractivity contribution in [2.45, 2.75) is 13.0 Å².